The topological polar surface area (TPSA) is 24.1 Å². The molecule has 1 aliphatic carbocycles. The van der Waals surface area contributed by atoms with Gasteiger partial charge in [0.2, 0.25) is 0 Å². The van der Waals surface area contributed by atoms with E-state index in [-0.39, 0.29) is 18.9 Å². The maximum absolute atomic E-state index is 12.2. The van der Waals surface area contributed by atoms with Gasteiger partial charge in [-0.1, -0.05) is 0 Å². The van der Waals surface area contributed by atoms with Crippen LogP contribution in [-0.2, 0) is 0 Å². The molecule has 0 spiro atoms. The van der Waals surface area contributed by atoms with Gasteiger partial charge in [0.1, 0.15) is 0 Å². The Bertz CT molecular complexity index is 164. The highest BCUT2D eigenvalue weighted by Gasteiger charge is 2.45. The third-order valence-corrected chi connectivity index (χ3v) is 1.97. The molecule has 0 aromatic rings. The van der Waals surface area contributed by atoms with Crippen LogP contribution in [0.1, 0.15) is 12.8 Å². The van der Waals surface area contributed by atoms with Crippen molar-refractivity contribution in [2.45, 2.75) is 24.8 Å². The number of alkyl halides is 2. The van der Waals surface area contributed by atoms with Crippen molar-refractivity contribution in [2.24, 2.45) is 0 Å². The molecule has 64 valence electrons. The summed E-state index contributed by atoms with van der Waals surface area (Å²) in [5, 5.41) is 5.86. The summed E-state index contributed by atoms with van der Waals surface area (Å²) in [6, 6.07) is -0.148. The average molecular weight is 180 g/mol. The molecule has 0 aromatic heterocycles. The Morgan fingerprint density at radius 3 is 2.45 bits per heavy atom. The molecule has 0 amide bonds. The van der Waals surface area contributed by atoms with Crippen molar-refractivity contribution in [3.8, 4) is 0 Å². The first kappa shape index (κ1) is 8.64. The third-order valence-electron chi connectivity index (χ3n) is 1.65. The third kappa shape index (κ3) is 2.25. The van der Waals surface area contributed by atoms with Crippen LogP contribution in [0.2, 0.25) is 0 Å². The van der Waals surface area contributed by atoms with Crippen LogP contribution in [0, 0.1) is 0 Å². The second kappa shape index (κ2) is 2.89. The van der Waals surface area contributed by atoms with Gasteiger partial charge in [-0.15, -0.1) is 0 Å². The molecule has 1 fully saturated rings. The molecule has 2 nitrogen and oxygen atoms in total. The lowest BCUT2D eigenvalue weighted by molar-refractivity contribution is -0.0885. The average Bonchev–Trinajstić information content (AvgIpc) is 1.83. The summed E-state index contributed by atoms with van der Waals surface area (Å²) in [5.74, 6) is -2.47. The fraction of sp³-hybridized carbons (Fsp3) is 0.833. The van der Waals surface area contributed by atoms with Gasteiger partial charge in [0.05, 0.1) is 0 Å². The molecule has 5 heteroatoms. The van der Waals surface area contributed by atoms with Crippen LogP contribution in [0.15, 0.2) is 0 Å². The second-order valence-electron chi connectivity index (χ2n) is 2.68. The van der Waals surface area contributed by atoms with Crippen LogP contribution in [0.3, 0.4) is 0 Å². The minimum atomic E-state index is -2.47. The fourth-order valence-electron chi connectivity index (χ4n) is 1.02. The molecule has 0 aliphatic heterocycles. The van der Waals surface area contributed by atoms with E-state index in [1.54, 1.807) is 7.05 Å². The van der Waals surface area contributed by atoms with E-state index >= 15 is 0 Å². The maximum Gasteiger partial charge on any atom is 0.252 e. The van der Waals surface area contributed by atoms with Crippen LogP contribution in [0.5, 0.6) is 0 Å². The summed E-state index contributed by atoms with van der Waals surface area (Å²) in [5.41, 5.74) is 0. The molecule has 0 heterocycles. The highest BCUT2D eigenvalue weighted by Crippen LogP contribution is 2.37. The first-order chi connectivity index (χ1) is 5.03. The summed E-state index contributed by atoms with van der Waals surface area (Å²) in [7, 11) is 1.66. The van der Waals surface area contributed by atoms with E-state index in [0.29, 0.717) is 5.11 Å². The maximum atomic E-state index is 12.2. The van der Waals surface area contributed by atoms with Gasteiger partial charge in [0.25, 0.3) is 5.92 Å². The van der Waals surface area contributed by atoms with E-state index in [0.717, 1.165) is 0 Å². The van der Waals surface area contributed by atoms with Gasteiger partial charge in [-0.2, -0.15) is 0 Å². The summed E-state index contributed by atoms with van der Waals surface area (Å²) in [4.78, 5) is 0. The Hall–Kier alpha value is -0.450. The van der Waals surface area contributed by atoms with Crippen LogP contribution in [0.4, 0.5) is 8.78 Å². The van der Waals surface area contributed by atoms with Gasteiger partial charge in [-0.3, -0.25) is 0 Å². The van der Waals surface area contributed by atoms with Crippen molar-refractivity contribution >= 4 is 17.3 Å². The second-order valence-corrected chi connectivity index (χ2v) is 3.09. The largest absolute Gasteiger partial charge is 0.366 e. The highest BCUT2D eigenvalue weighted by molar-refractivity contribution is 7.80. The Morgan fingerprint density at radius 1 is 1.55 bits per heavy atom. The first-order valence-electron chi connectivity index (χ1n) is 3.39. The van der Waals surface area contributed by atoms with E-state index in [2.05, 4.69) is 10.6 Å². The molecule has 0 unspecified atom stereocenters. The van der Waals surface area contributed by atoms with E-state index in [1.807, 2.05) is 0 Å². The molecule has 0 aromatic carbocycles. The number of rotatable bonds is 1. The summed E-state index contributed by atoms with van der Waals surface area (Å²) in [6.45, 7) is 0. The zero-order valence-corrected chi connectivity index (χ0v) is 6.97. The van der Waals surface area contributed by atoms with Gasteiger partial charge in [-0.25, -0.2) is 8.78 Å². The van der Waals surface area contributed by atoms with Gasteiger partial charge >= 0.3 is 0 Å². The van der Waals surface area contributed by atoms with Crippen molar-refractivity contribution < 1.29 is 8.78 Å². The van der Waals surface area contributed by atoms with Gasteiger partial charge in [-0.05, 0) is 12.2 Å². The van der Waals surface area contributed by atoms with E-state index in [4.69, 9.17) is 12.2 Å². The van der Waals surface area contributed by atoms with Crippen LogP contribution in [-0.4, -0.2) is 24.1 Å². The minimum absolute atomic E-state index is 0.102. The number of halogens is 2. The van der Waals surface area contributed by atoms with E-state index in [9.17, 15) is 8.78 Å². The molecule has 0 saturated heterocycles. The van der Waals surface area contributed by atoms with Crippen molar-refractivity contribution in [3.05, 3.63) is 0 Å². The smallest absolute Gasteiger partial charge is 0.252 e. The van der Waals surface area contributed by atoms with Crippen molar-refractivity contribution in [3.63, 3.8) is 0 Å². The predicted octanol–water partition coefficient (Wildman–Crippen LogP) is 0.878. The first-order valence-corrected chi connectivity index (χ1v) is 3.80. The van der Waals surface area contributed by atoms with Gasteiger partial charge < -0.3 is 10.6 Å². The lowest BCUT2D eigenvalue weighted by atomic mass is 9.88. The van der Waals surface area contributed by atoms with E-state index < -0.39 is 5.92 Å². The summed E-state index contributed by atoms with van der Waals surface area (Å²) < 4.78 is 24.5. The molecule has 2 N–H and O–H groups in total. The molecular weight excluding hydrogens is 170 g/mol. The fourth-order valence-corrected chi connectivity index (χ4v) is 1.19. The highest BCUT2D eigenvalue weighted by atomic mass is 32.1. The molecule has 0 atom stereocenters. The van der Waals surface area contributed by atoms with E-state index in [1.165, 1.54) is 0 Å². The Kier molecular flexibility index (Phi) is 2.27. The summed E-state index contributed by atoms with van der Waals surface area (Å²) >= 11 is 4.74. The number of nitrogens with one attached hydrogen (secondary N) is 2. The predicted molar refractivity (Wildman–Crippen MR) is 42.8 cm³/mol. The Morgan fingerprint density at radius 2 is 2.09 bits per heavy atom. The van der Waals surface area contributed by atoms with Crippen molar-refractivity contribution in [2.75, 3.05) is 7.05 Å². The Labute approximate surface area is 69.3 Å². The zero-order valence-electron chi connectivity index (χ0n) is 6.16. The zero-order chi connectivity index (χ0) is 8.48. The number of hydrogen-bond donors (Lipinski definition) is 2. The molecule has 0 radical (unpaired) electrons. The van der Waals surface area contributed by atoms with Crippen LogP contribution in [0.25, 0.3) is 0 Å². The quantitative estimate of drug-likeness (QED) is 0.586. The molecule has 1 rings (SSSR count). The van der Waals surface area contributed by atoms with Gasteiger partial charge in [0, 0.05) is 25.9 Å². The Balaban J connectivity index is 2.19. The normalized spacial score (nSPS) is 22.1. The molecule has 1 aliphatic rings. The molecule has 11 heavy (non-hydrogen) atoms. The number of thiocarbonyl (C=S) groups is 1. The lowest BCUT2D eigenvalue weighted by Crippen LogP contribution is -2.52. The number of hydrogen-bond acceptors (Lipinski definition) is 1. The summed E-state index contributed by atoms with van der Waals surface area (Å²) in [6.07, 6.45) is -0.205. The SMILES string of the molecule is CNC(=S)NC1CC(F)(F)C1. The monoisotopic (exact) mass is 180 g/mol. The molecule has 1 saturated carbocycles. The lowest BCUT2D eigenvalue weighted by Gasteiger charge is -2.35. The van der Waals surface area contributed by atoms with Crippen LogP contribution >= 0.6 is 12.2 Å². The van der Waals surface area contributed by atoms with Crippen molar-refractivity contribution in [1.29, 1.82) is 0 Å². The molecular formula is C6H10F2N2S. The van der Waals surface area contributed by atoms with Crippen molar-refractivity contribution in [1.82, 2.24) is 10.6 Å². The molecule has 0 bridgehead atoms. The minimum Gasteiger partial charge on any atom is -0.366 e. The van der Waals surface area contributed by atoms with Gasteiger partial charge in [0.15, 0.2) is 5.11 Å². The van der Waals surface area contributed by atoms with Crippen LogP contribution < -0.4 is 10.6 Å². The standard InChI is InChI=1S/C6H10F2N2S/c1-9-5(11)10-4-2-6(7,8)3-4/h4H,2-3H2,1H3,(H2,9,10,11).